The lowest BCUT2D eigenvalue weighted by Crippen LogP contribution is -2.36. The molecule has 0 bridgehead atoms. The molecule has 0 radical (unpaired) electrons. The minimum absolute atomic E-state index is 0.251. The van der Waals surface area contributed by atoms with Crippen LogP contribution >= 0.6 is 0 Å². The average Bonchev–Trinajstić information content (AvgIpc) is 2.77. The van der Waals surface area contributed by atoms with Crippen molar-refractivity contribution in [1.29, 1.82) is 0 Å². The van der Waals surface area contributed by atoms with Crippen molar-refractivity contribution in [2.45, 2.75) is 25.9 Å². The van der Waals surface area contributed by atoms with E-state index < -0.39 is 17.6 Å². The first-order valence-electron chi connectivity index (χ1n) is 10.5. The van der Waals surface area contributed by atoms with Crippen molar-refractivity contribution in [3.05, 3.63) is 53.6 Å². The molecule has 1 heterocycles. The molecule has 0 spiro atoms. The van der Waals surface area contributed by atoms with Crippen molar-refractivity contribution < 1.29 is 22.7 Å². The Morgan fingerprint density at radius 1 is 1.13 bits per heavy atom. The second-order valence-electron chi connectivity index (χ2n) is 7.60. The molecule has 2 aromatic rings. The Morgan fingerprint density at radius 2 is 1.81 bits per heavy atom. The fourth-order valence-electron chi connectivity index (χ4n) is 3.48. The number of benzene rings is 2. The summed E-state index contributed by atoms with van der Waals surface area (Å²) in [5.74, 6) is -0.576. The number of carbonyl (C=O) groups excluding carboxylic acids is 1. The average molecular weight is 435 g/mol. The lowest BCUT2D eigenvalue weighted by atomic mass is 10.1. The van der Waals surface area contributed by atoms with Crippen LogP contribution in [0.5, 0.6) is 0 Å². The van der Waals surface area contributed by atoms with Crippen LogP contribution in [-0.2, 0) is 10.9 Å². The predicted molar refractivity (Wildman–Crippen MR) is 117 cm³/mol. The monoisotopic (exact) mass is 435 g/mol. The van der Waals surface area contributed by atoms with Gasteiger partial charge in [0.1, 0.15) is 0 Å². The first-order valence-corrected chi connectivity index (χ1v) is 10.5. The van der Waals surface area contributed by atoms with Crippen LogP contribution in [0.15, 0.2) is 42.5 Å². The van der Waals surface area contributed by atoms with Gasteiger partial charge in [0.25, 0.3) is 5.91 Å². The number of morpholine rings is 1. The van der Waals surface area contributed by atoms with Gasteiger partial charge in [-0.1, -0.05) is 13.3 Å². The van der Waals surface area contributed by atoms with Gasteiger partial charge in [0.05, 0.1) is 24.5 Å². The number of nitrogens with zero attached hydrogens (tertiary/aromatic N) is 2. The molecule has 1 amide bonds. The quantitative estimate of drug-likeness (QED) is 0.663. The number of unbranched alkanes of at least 4 members (excludes halogenated alkanes) is 1. The lowest BCUT2D eigenvalue weighted by Gasteiger charge is -2.29. The van der Waals surface area contributed by atoms with E-state index in [9.17, 15) is 18.0 Å². The molecular formula is C23H28F3N3O2. The molecule has 0 aliphatic carbocycles. The number of nitrogens with one attached hydrogen (secondary N) is 1. The zero-order valence-electron chi connectivity index (χ0n) is 17.8. The standard InChI is InChI=1S/C23H28F3N3O2/c1-3-4-11-28(2)18-7-5-17(6-8-18)22(30)27-21-10-9-19(16-20(21)23(24,25)26)29-12-14-31-15-13-29/h5-10,16H,3-4,11-15H2,1-2H3,(H,27,30). The molecule has 1 N–H and O–H groups in total. The summed E-state index contributed by atoms with van der Waals surface area (Å²) in [5.41, 5.74) is 0.612. The van der Waals surface area contributed by atoms with Crippen LogP contribution in [0, 0.1) is 0 Å². The molecule has 0 saturated carbocycles. The number of hydrogen-bond donors (Lipinski definition) is 1. The highest BCUT2D eigenvalue weighted by molar-refractivity contribution is 6.05. The highest BCUT2D eigenvalue weighted by Gasteiger charge is 2.35. The van der Waals surface area contributed by atoms with Gasteiger partial charge in [-0.3, -0.25) is 4.79 Å². The molecule has 1 aliphatic heterocycles. The number of alkyl halides is 3. The van der Waals surface area contributed by atoms with Gasteiger partial charge in [-0.05, 0) is 48.9 Å². The molecule has 1 aliphatic rings. The number of halogens is 3. The minimum atomic E-state index is -4.59. The topological polar surface area (TPSA) is 44.8 Å². The molecule has 3 rings (SSSR count). The first-order chi connectivity index (χ1) is 14.8. The Balaban J connectivity index is 1.77. The molecule has 8 heteroatoms. The maximum atomic E-state index is 13.7. The molecule has 0 unspecified atom stereocenters. The van der Waals surface area contributed by atoms with E-state index in [4.69, 9.17) is 4.74 Å². The molecule has 2 aromatic carbocycles. The van der Waals surface area contributed by atoms with E-state index in [1.54, 1.807) is 30.3 Å². The number of anilines is 3. The van der Waals surface area contributed by atoms with Crippen LogP contribution in [0.2, 0.25) is 0 Å². The second-order valence-corrected chi connectivity index (χ2v) is 7.60. The van der Waals surface area contributed by atoms with Crippen LogP contribution in [0.1, 0.15) is 35.7 Å². The van der Waals surface area contributed by atoms with Gasteiger partial charge in [0.2, 0.25) is 0 Å². The molecule has 0 aromatic heterocycles. The summed E-state index contributed by atoms with van der Waals surface area (Å²) < 4.78 is 46.3. The van der Waals surface area contributed by atoms with Crippen LogP contribution in [0.4, 0.5) is 30.2 Å². The largest absolute Gasteiger partial charge is 0.418 e. The van der Waals surface area contributed by atoms with Gasteiger partial charge >= 0.3 is 6.18 Å². The Hall–Kier alpha value is -2.74. The summed E-state index contributed by atoms with van der Waals surface area (Å²) in [6.07, 6.45) is -2.45. The Bertz CT molecular complexity index is 879. The van der Waals surface area contributed by atoms with E-state index in [-0.39, 0.29) is 5.69 Å². The van der Waals surface area contributed by atoms with E-state index in [1.807, 2.05) is 11.9 Å². The summed E-state index contributed by atoms with van der Waals surface area (Å²) in [4.78, 5) is 16.5. The first kappa shape index (κ1) is 22.9. The van der Waals surface area contributed by atoms with Crippen LogP contribution in [0.3, 0.4) is 0 Å². The number of ether oxygens (including phenoxy) is 1. The predicted octanol–water partition coefficient (Wildman–Crippen LogP) is 5.03. The van der Waals surface area contributed by atoms with Crippen LogP contribution in [0.25, 0.3) is 0 Å². The Kier molecular flexibility index (Phi) is 7.43. The van der Waals surface area contributed by atoms with Gasteiger partial charge in [0.15, 0.2) is 0 Å². The summed E-state index contributed by atoms with van der Waals surface area (Å²) >= 11 is 0. The van der Waals surface area contributed by atoms with Crippen LogP contribution < -0.4 is 15.1 Å². The maximum Gasteiger partial charge on any atom is 0.418 e. The van der Waals surface area contributed by atoms with Gasteiger partial charge in [-0.2, -0.15) is 13.2 Å². The van der Waals surface area contributed by atoms with Gasteiger partial charge in [-0.25, -0.2) is 0 Å². The maximum absolute atomic E-state index is 13.7. The van der Waals surface area contributed by atoms with Crippen molar-refractivity contribution >= 4 is 23.0 Å². The van der Waals surface area contributed by atoms with E-state index in [0.717, 1.165) is 31.1 Å². The van der Waals surface area contributed by atoms with Crippen molar-refractivity contribution in [2.24, 2.45) is 0 Å². The number of amides is 1. The van der Waals surface area contributed by atoms with Crippen molar-refractivity contribution in [2.75, 3.05) is 55.0 Å². The van der Waals surface area contributed by atoms with Crippen LogP contribution in [-0.4, -0.2) is 45.8 Å². The molecule has 1 saturated heterocycles. The smallest absolute Gasteiger partial charge is 0.378 e. The lowest BCUT2D eigenvalue weighted by molar-refractivity contribution is -0.136. The molecule has 1 fully saturated rings. The van der Waals surface area contributed by atoms with Gasteiger partial charge < -0.3 is 19.9 Å². The normalized spacial score (nSPS) is 14.4. The number of carbonyl (C=O) groups is 1. The Morgan fingerprint density at radius 3 is 2.42 bits per heavy atom. The summed E-state index contributed by atoms with van der Waals surface area (Å²) in [6.45, 7) is 5.02. The minimum Gasteiger partial charge on any atom is -0.378 e. The van der Waals surface area contributed by atoms with E-state index in [0.29, 0.717) is 37.6 Å². The third kappa shape index (κ3) is 5.91. The highest BCUT2D eigenvalue weighted by atomic mass is 19.4. The molecule has 31 heavy (non-hydrogen) atoms. The fraction of sp³-hybridized carbons (Fsp3) is 0.435. The molecule has 5 nitrogen and oxygen atoms in total. The van der Waals surface area contributed by atoms with Gasteiger partial charge in [0, 0.05) is 43.6 Å². The summed E-state index contributed by atoms with van der Waals surface area (Å²) in [7, 11) is 1.97. The highest BCUT2D eigenvalue weighted by Crippen LogP contribution is 2.37. The number of hydrogen-bond acceptors (Lipinski definition) is 4. The third-order valence-electron chi connectivity index (χ3n) is 5.35. The summed E-state index contributed by atoms with van der Waals surface area (Å²) in [5, 5.41) is 2.43. The fourth-order valence-corrected chi connectivity index (χ4v) is 3.48. The molecule has 0 atom stereocenters. The SMILES string of the molecule is CCCCN(C)c1ccc(C(=O)Nc2ccc(N3CCOCC3)cc2C(F)(F)F)cc1. The second kappa shape index (κ2) is 10.0. The van der Waals surface area contributed by atoms with Crippen molar-refractivity contribution in [3.8, 4) is 0 Å². The van der Waals surface area contributed by atoms with E-state index >= 15 is 0 Å². The van der Waals surface area contributed by atoms with E-state index in [2.05, 4.69) is 17.1 Å². The van der Waals surface area contributed by atoms with E-state index in [1.165, 1.54) is 6.07 Å². The third-order valence-corrected chi connectivity index (χ3v) is 5.35. The zero-order valence-corrected chi connectivity index (χ0v) is 17.8. The van der Waals surface area contributed by atoms with Gasteiger partial charge in [-0.15, -0.1) is 0 Å². The van der Waals surface area contributed by atoms with Crippen molar-refractivity contribution in [3.63, 3.8) is 0 Å². The molecular weight excluding hydrogens is 407 g/mol. The van der Waals surface area contributed by atoms with Crippen molar-refractivity contribution in [1.82, 2.24) is 0 Å². The zero-order chi connectivity index (χ0) is 22.4. The molecule has 168 valence electrons. The Labute approximate surface area is 180 Å². The number of rotatable bonds is 7. The summed E-state index contributed by atoms with van der Waals surface area (Å²) in [6, 6.07) is 10.9.